The Balaban J connectivity index is 1.90. The number of hydrogen-bond donors (Lipinski definition) is 0. The van der Waals surface area contributed by atoms with Crippen molar-refractivity contribution in [3.8, 4) is 0 Å². The molecule has 3 nitrogen and oxygen atoms in total. The predicted molar refractivity (Wildman–Crippen MR) is 94.7 cm³/mol. The molecule has 0 bridgehead atoms. The third kappa shape index (κ3) is 3.37. The lowest BCUT2D eigenvalue weighted by atomic mass is 10.1. The maximum atomic E-state index is 12.0. The first kappa shape index (κ1) is 15.6. The van der Waals surface area contributed by atoms with Gasteiger partial charge in [0.1, 0.15) is 0 Å². The quantitative estimate of drug-likeness (QED) is 0.478. The molecule has 0 atom stereocenters. The minimum absolute atomic E-state index is 0.329. The zero-order valence-corrected chi connectivity index (χ0v) is 14.1. The molecule has 0 radical (unpaired) electrons. The molecule has 23 heavy (non-hydrogen) atoms. The highest BCUT2D eigenvalue weighted by molar-refractivity contribution is 7.98. The molecule has 0 unspecified atom stereocenters. The molecule has 0 fully saturated rings. The molecule has 3 rings (SSSR count). The first-order valence-corrected chi connectivity index (χ1v) is 8.53. The normalized spacial score (nSPS) is 15.7. The Morgan fingerprint density at radius 3 is 2.43 bits per heavy atom. The van der Waals surface area contributed by atoms with Gasteiger partial charge in [-0.1, -0.05) is 18.2 Å². The van der Waals surface area contributed by atoms with Gasteiger partial charge in [-0.2, -0.15) is 0 Å². The summed E-state index contributed by atoms with van der Waals surface area (Å²) in [4.78, 5) is 17.6. The molecule has 1 aliphatic heterocycles. The maximum absolute atomic E-state index is 12.0. The third-order valence-corrected chi connectivity index (χ3v) is 4.54. The van der Waals surface area contributed by atoms with E-state index < -0.39 is 5.97 Å². The van der Waals surface area contributed by atoms with Crippen molar-refractivity contribution < 1.29 is 9.53 Å². The summed E-state index contributed by atoms with van der Waals surface area (Å²) in [7, 11) is 0. The first-order valence-electron chi connectivity index (χ1n) is 7.31. The van der Waals surface area contributed by atoms with Gasteiger partial charge in [0.05, 0.1) is 0 Å². The van der Waals surface area contributed by atoms with Gasteiger partial charge in [-0.05, 0) is 67.1 Å². The number of rotatable bonds is 3. The van der Waals surface area contributed by atoms with E-state index in [0.29, 0.717) is 11.6 Å². The van der Waals surface area contributed by atoms with E-state index in [1.54, 1.807) is 17.8 Å². The van der Waals surface area contributed by atoms with E-state index in [9.17, 15) is 4.79 Å². The second-order valence-electron chi connectivity index (χ2n) is 5.41. The van der Waals surface area contributed by atoms with Crippen LogP contribution in [-0.2, 0) is 9.53 Å². The summed E-state index contributed by atoms with van der Waals surface area (Å²) in [5.74, 6) is -0.0442. The Morgan fingerprint density at radius 1 is 1.04 bits per heavy atom. The number of carbonyl (C=O) groups is 1. The van der Waals surface area contributed by atoms with Crippen molar-refractivity contribution in [2.75, 3.05) is 6.26 Å². The molecular weight excluding hydrogens is 306 g/mol. The minimum Gasteiger partial charge on any atom is -0.402 e. The van der Waals surface area contributed by atoms with Crippen LogP contribution in [0.25, 0.3) is 6.08 Å². The van der Waals surface area contributed by atoms with Crippen LogP contribution in [-0.4, -0.2) is 18.1 Å². The summed E-state index contributed by atoms with van der Waals surface area (Å²) >= 11 is 1.68. The number of hydrogen-bond acceptors (Lipinski definition) is 4. The molecule has 0 aliphatic carbocycles. The van der Waals surface area contributed by atoms with Gasteiger partial charge >= 0.3 is 5.97 Å². The molecular formula is C19H17NO2S. The highest BCUT2D eigenvalue weighted by atomic mass is 32.2. The summed E-state index contributed by atoms with van der Waals surface area (Å²) in [6.45, 7) is 4.07. The summed E-state index contributed by atoms with van der Waals surface area (Å²) in [5.41, 5.74) is 4.42. The fourth-order valence-corrected chi connectivity index (χ4v) is 2.67. The second kappa shape index (κ2) is 6.42. The number of nitrogens with zero attached hydrogens (tertiary/aromatic N) is 1. The molecule has 0 spiro atoms. The first-order chi connectivity index (χ1) is 11.1. The van der Waals surface area contributed by atoms with Crippen molar-refractivity contribution in [1.82, 2.24) is 0 Å². The molecule has 0 aromatic heterocycles. The molecule has 2 aromatic rings. The number of carbonyl (C=O) groups excluding carboxylic acids is 1. The molecule has 0 saturated heterocycles. The van der Waals surface area contributed by atoms with E-state index in [4.69, 9.17) is 4.74 Å². The Kier molecular flexibility index (Phi) is 4.35. The fourth-order valence-electron chi connectivity index (χ4n) is 2.27. The van der Waals surface area contributed by atoms with Crippen LogP contribution < -0.4 is 0 Å². The highest BCUT2D eigenvalue weighted by Crippen LogP contribution is 2.22. The Labute approximate surface area is 140 Å². The number of esters is 1. The van der Waals surface area contributed by atoms with Gasteiger partial charge in [-0.15, -0.1) is 11.8 Å². The predicted octanol–water partition coefficient (Wildman–Crippen LogP) is 4.37. The molecule has 2 aromatic carbocycles. The monoisotopic (exact) mass is 323 g/mol. The van der Waals surface area contributed by atoms with Gasteiger partial charge in [0.25, 0.3) is 0 Å². The highest BCUT2D eigenvalue weighted by Gasteiger charge is 2.24. The zero-order chi connectivity index (χ0) is 16.4. The number of aryl methyl sites for hydroxylation is 2. The van der Waals surface area contributed by atoms with Crippen molar-refractivity contribution in [3.05, 3.63) is 70.4 Å². The van der Waals surface area contributed by atoms with E-state index in [0.717, 1.165) is 16.7 Å². The van der Waals surface area contributed by atoms with Crippen LogP contribution in [0, 0.1) is 13.8 Å². The SMILES string of the molecule is CSc1ccc(/C=C2\N=C(c3ccc(C)c(C)c3)OC2=O)cc1. The third-order valence-electron chi connectivity index (χ3n) is 3.79. The van der Waals surface area contributed by atoms with E-state index >= 15 is 0 Å². The van der Waals surface area contributed by atoms with Crippen LogP contribution in [0.1, 0.15) is 22.3 Å². The molecule has 4 heteroatoms. The van der Waals surface area contributed by atoms with Gasteiger partial charge < -0.3 is 4.74 Å². The molecule has 116 valence electrons. The van der Waals surface area contributed by atoms with E-state index in [-0.39, 0.29) is 0 Å². The zero-order valence-electron chi connectivity index (χ0n) is 13.3. The van der Waals surface area contributed by atoms with Gasteiger partial charge in [0.15, 0.2) is 5.70 Å². The molecule has 0 saturated carbocycles. The van der Waals surface area contributed by atoms with E-state index in [1.165, 1.54) is 10.5 Å². The number of thioether (sulfide) groups is 1. The largest absolute Gasteiger partial charge is 0.402 e. The number of aliphatic imine (C=N–C) groups is 1. The summed E-state index contributed by atoms with van der Waals surface area (Å²) in [6.07, 6.45) is 3.78. The van der Waals surface area contributed by atoms with Gasteiger partial charge in [0.2, 0.25) is 5.90 Å². The van der Waals surface area contributed by atoms with E-state index in [2.05, 4.69) is 4.99 Å². The lowest BCUT2D eigenvalue weighted by Gasteiger charge is -2.03. The lowest BCUT2D eigenvalue weighted by molar-refractivity contribution is -0.129. The van der Waals surface area contributed by atoms with Crippen LogP contribution in [0.3, 0.4) is 0 Å². The van der Waals surface area contributed by atoms with Crippen molar-refractivity contribution >= 4 is 29.7 Å². The van der Waals surface area contributed by atoms with Crippen LogP contribution >= 0.6 is 11.8 Å². The van der Waals surface area contributed by atoms with Crippen molar-refractivity contribution in [2.45, 2.75) is 18.7 Å². The minimum atomic E-state index is -0.410. The number of benzene rings is 2. The van der Waals surface area contributed by atoms with E-state index in [1.807, 2.05) is 62.6 Å². The van der Waals surface area contributed by atoms with Gasteiger partial charge in [-0.3, -0.25) is 0 Å². The lowest BCUT2D eigenvalue weighted by Crippen LogP contribution is -2.05. The van der Waals surface area contributed by atoms with Gasteiger partial charge in [0, 0.05) is 10.5 Å². The fraction of sp³-hybridized carbons (Fsp3) is 0.158. The van der Waals surface area contributed by atoms with Crippen LogP contribution in [0.2, 0.25) is 0 Å². The maximum Gasteiger partial charge on any atom is 0.363 e. The molecule has 1 heterocycles. The summed E-state index contributed by atoms with van der Waals surface area (Å²) < 4.78 is 5.31. The van der Waals surface area contributed by atoms with Crippen LogP contribution in [0.15, 0.2) is 58.0 Å². The Hall–Kier alpha value is -2.33. The summed E-state index contributed by atoms with van der Waals surface area (Å²) in [5, 5.41) is 0. The van der Waals surface area contributed by atoms with Crippen molar-refractivity contribution in [2.24, 2.45) is 4.99 Å². The second-order valence-corrected chi connectivity index (χ2v) is 6.29. The molecule has 0 amide bonds. The topological polar surface area (TPSA) is 38.7 Å². The Morgan fingerprint density at radius 2 is 1.78 bits per heavy atom. The summed E-state index contributed by atoms with van der Waals surface area (Å²) in [6, 6.07) is 13.9. The Bertz CT molecular complexity index is 820. The van der Waals surface area contributed by atoms with Crippen molar-refractivity contribution in [3.63, 3.8) is 0 Å². The van der Waals surface area contributed by atoms with Crippen LogP contribution in [0.4, 0.5) is 0 Å². The number of ether oxygens (including phenoxy) is 1. The standard InChI is InChI=1S/C19H17NO2S/c1-12-4-7-15(10-13(12)2)18-20-17(19(21)22-18)11-14-5-8-16(23-3)9-6-14/h4-11H,1-3H3/b17-11-. The smallest absolute Gasteiger partial charge is 0.363 e. The number of cyclic esters (lactones) is 1. The van der Waals surface area contributed by atoms with Crippen LogP contribution in [0.5, 0.6) is 0 Å². The molecule has 0 N–H and O–H groups in total. The van der Waals surface area contributed by atoms with Gasteiger partial charge in [-0.25, -0.2) is 9.79 Å². The molecule has 1 aliphatic rings. The van der Waals surface area contributed by atoms with Crippen molar-refractivity contribution in [1.29, 1.82) is 0 Å². The average Bonchev–Trinajstić information content (AvgIpc) is 2.92. The average molecular weight is 323 g/mol.